The van der Waals surface area contributed by atoms with Gasteiger partial charge in [0.2, 0.25) is 0 Å². The highest BCUT2D eigenvalue weighted by Crippen LogP contribution is 2.37. The quantitative estimate of drug-likeness (QED) is 0.636. The zero-order valence-corrected chi connectivity index (χ0v) is 17.9. The number of rotatable bonds is 4. The van der Waals surface area contributed by atoms with E-state index in [2.05, 4.69) is 50.9 Å². The van der Waals surface area contributed by atoms with Crippen LogP contribution < -0.4 is 0 Å². The van der Waals surface area contributed by atoms with Crippen LogP contribution in [0.1, 0.15) is 47.1 Å². The Bertz CT molecular complexity index is 993. The highest BCUT2D eigenvalue weighted by molar-refractivity contribution is 5.94. The molecule has 2 aliphatic heterocycles. The molecule has 2 aromatic carbocycles. The number of amides is 1. The first kappa shape index (κ1) is 20.0. The predicted octanol–water partition coefficient (Wildman–Crippen LogP) is 4.38. The lowest BCUT2D eigenvalue weighted by Gasteiger charge is -2.40. The van der Waals surface area contributed by atoms with Gasteiger partial charge in [-0.1, -0.05) is 48.5 Å². The second kappa shape index (κ2) is 9.06. The van der Waals surface area contributed by atoms with Crippen LogP contribution in [0.15, 0.2) is 73.1 Å². The van der Waals surface area contributed by atoms with Crippen LogP contribution in [0.5, 0.6) is 0 Å². The molecule has 31 heavy (non-hydrogen) atoms. The number of hydrogen-bond donors (Lipinski definition) is 0. The van der Waals surface area contributed by atoms with Crippen LogP contribution in [0.2, 0.25) is 0 Å². The lowest BCUT2D eigenvalue weighted by atomic mass is 9.87. The third-order valence-electron chi connectivity index (χ3n) is 6.76. The predicted molar refractivity (Wildman–Crippen MR) is 122 cm³/mol. The van der Waals surface area contributed by atoms with Crippen molar-refractivity contribution in [1.29, 1.82) is 0 Å². The second-order valence-electron chi connectivity index (χ2n) is 8.74. The van der Waals surface area contributed by atoms with Gasteiger partial charge < -0.3 is 9.47 Å². The van der Waals surface area contributed by atoms with Gasteiger partial charge in [0.15, 0.2) is 0 Å². The molecule has 1 atom stereocenters. The van der Waals surface area contributed by atoms with Crippen LogP contribution in [0.4, 0.5) is 0 Å². The molecule has 0 N–H and O–H groups in total. The van der Waals surface area contributed by atoms with E-state index in [1.54, 1.807) is 0 Å². The topological polar surface area (TPSA) is 41.4 Å². The van der Waals surface area contributed by atoms with Gasteiger partial charge >= 0.3 is 0 Å². The van der Waals surface area contributed by atoms with Gasteiger partial charge in [0.05, 0.1) is 6.04 Å². The van der Waals surface area contributed by atoms with Crippen LogP contribution in [0.25, 0.3) is 0 Å². The Kier molecular flexibility index (Phi) is 5.85. The molecule has 0 spiro atoms. The van der Waals surface area contributed by atoms with E-state index in [-0.39, 0.29) is 11.9 Å². The van der Waals surface area contributed by atoms with E-state index in [0.29, 0.717) is 5.92 Å². The van der Waals surface area contributed by atoms with Crippen molar-refractivity contribution < 1.29 is 4.79 Å². The molecule has 1 fully saturated rings. The first-order valence-corrected chi connectivity index (χ1v) is 11.4. The summed E-state index contributed by atoms with van der Waals surface area (Å²) < 4.78 is 2.26. The summed E-state index contributed by atoms with van der Waals surface area (Å²) in [5, 5.41) is 0. The maximum atomic E-state index is 13.5. The van der Waals surface area contributed by atoms with Crippen LogP contribution in [0, 0.1) is 5.92 Å². The lowest BCUT2D eigenvalue weighted by molar-refractivity contribution is 0.0500. The SMILES string of the molecule is O=C(c1ccccc1)N1CCCn2ccnc2C1C1CCN(Cc2ccccc2)CC1. The van der Waals surface area contributed by atoms with Crippen LogP contribution >= 0.6 is 0 Å². The summed E-state index contributed by atoms with van der Waals surface area (Å²) >= 11 is 0. The zero-order valence-electron chi connectivity index (χ0n) is 17.9. The summed E-state index contributed by atoms with van der Waals surface area (Å²) in [4.78, 5) is 22.9. The molecule has 1 aromatic heterocycles. The molecular formula is C26H30N4O. The van der Waals surface area contributed by atoms with Crippen molar-refractivity contribution in [3.05, 3.63) is 90.0 Å². The Morgan fingerprint density at radius 1 is 0.903 bits per heavy atom. The van der Waals surface area contributed by atoms with Crippen molar-refractivity contribution in [2.75, 3.05) is 19.6 Å². The summed E-state index contributed by atoms with van der Waals surface area (Å²) in [7, 11) is 0. The number of piperidine rings is 1. The van der Waals surface area contributed by atoms with Gasteiger partial charge in [0.1, 0.15) is 5.82 Å². The maximum absolute atomic E-state index is 13.5. The number of nitrogens with zero attached hydrogens (tertiary/aromatic N) is 4. The van der Waals surface area contributed by atoms with Crippen molar-refractivity contribution in [3.8, 4) is 0 Å². The van der Waals surface area contributed by atoms with Gasteiger partial charge in [0.25, 0.3) is 5.91 Å². The molecule has 0 radical (unpaired) electrons. The largest absolute Gasteiger partial charge is 0.333 e. The van der Waals surface area contributed by atoms with E-state index in [1.807, 2.05) is 36.5 Å². The minimum atomic E-state index is 0.0454. The fourth-order valence-electron chi connectivity index (χ4n) is 5.17. The molecule has 1 amide bonds. The van der Waals surface area contributed by atoms with Gasteiger partial charge in [-0.3, -0.25) is 9.69 Å². The minimum absolute atomic E-state index is 0.0454. The number of likely N-dealkylation sites (tertiary alicyclic amines) is 1. The van der Waals surface area contributed by atoms with Gasteiger partial charge in [-0.05, 0) is 56.0 Å². The number of aryl methyl sites for hydroxylation is 1. The number of carbonyl (C=O) groups excluding carboxylic acids is 1. The summed E-state index contributed by atoms with van der Waals surface area (Å²) in [6.07, 6.45) is 7.10. The monoisotopic (exact) mass is 414 g/mol. The number of hydrogen-bond acceptors (Lipinski definition) is 3. The van der Waals surface area contributed by atoms with Crippen molar-refractivity contribution >= 4 is 5.91 Å². The van der Waals surface area contributed by atoms with Crippen molar-refractivity contribution in [3.63, 3.8) is 0 Å². The van der Waals surface area contributed by atoms with E-state index in [0.717, 1.165) is 63.4 Å². The van der Waals surface area contributed by atoms with E-state index in [1.165, 1.54) is 5.56 Å². The molecule has 1 saturated heterocycles. The molecule has 3 aromatic rings. The highest BCUT2D eigenvalue weighted by atomic mass is 16.2. The number of benzene rings is 2. The molecule has 0 aliphatic carbocycles. The van der Waals surface area contributed by atoms with E-state index >= 15 is 0 Å². The number of carbonyl (C=O) groups is 1. The first-order valence-electron chi connectivity index (χ1n) is 11.4. The van der Waals surface area contributed by atoms with Gasteiger partial charge in [-0.2, -0.15) is 0 Å². The minimum Gasteiger partial charge on any atom is -0.333 e. The van der Waals surface area contributed by atoms with Crippen molar-refractivity contribution in [2.45, 2.75) is 38.4 Å². The normalized spacial score (nSPS) is 20.3. The summed E-state index contributed by atoms with van der Waals surface area (Å²) in [6, 6.07) is 20.5. The molecule has 160 valence electrons. The van der Waals surface area contributed by atoms with Gasteiger partial charge in [-0.25, -0.2) is 4.98 Å². The lowest BCUT2D eigenvalue weighted by Crippen LogP contribution is -2.43. The third kappa shape index (κ3) is 4.28. The van der Waals surface area contributed by atoms with Gasteiger partial charge in [-0.15, -0.1) is 0 Å². The smallest absolute Gasteiger partial charge is 0.254 e. The van der Waals surface area contributed by atoms with Crippen LogP contribution in [-0.4, -0.2) is 44.9 Å². The molecule has 2 aliphatic rings. The Morgan fingerprint density at radius 2 is 1.61 bits per heavy atom. The first-order chi connectivity index (χ1) is 15.3. The fourth-order valence-corrected chi connectivity index (χ4v) is 5.17. The molecule has 3 heterocycles. The van der Waals surface area contributed by atoms with Crippen LogP contribution in [-0.2, 0) is 13.1 Å². The standard InChI is InChI=1S/C26H30N4O/c31-26(23-10-5-2-6-11-23)30-16-7-15-29-19-14-27-25(29)24(30)22-12-17-28(18-13-22)20-21-8-3-1-4-9-21/h1-6,8-11,14,19,22,24H,7,12-13,15-18,20H2. The molecular weight excluding hydrogens is 384 g/mol. The number of fused-ring (bicyclic) bond motifs is 1. The van der Waals surface area contributed by atoms with Crippen molar-refractivity contribution in [1.82, 2.24) is 19.4 Å². The molecule has 5 rings (SSSR count). The Hall–Kier alpha value is -2.92. The Morgan fingerprint density at radius 3 is 2.35 bits per heavy atom. The fraction of sp³-hybridized carbons (Fsp3) is 0.385. The van der Waals surface area contributed by atoms with Crippen LogP contribution in [0.3, 0.4) is 0 Å². The van der Waals surface area contributed by atoms with E-state index in [4.69, 9.17) is 4.98 Å². The number of imidazole rings is 1. The average Bonchev–Trinajstić information content (AvgIpc) is 3.20. The maximum Gasteiger partial charge on any atom is 0.254 e. The summed E-state index contributed by atoms with van der Waals surface area (Å²) in [6.45, 7) is 4.83. The third-order valence-corrected chi connectivity index (χ3v) is 6.76. The molecule has 0 saturated carbocycles. The molecule has 5 nitrogen and oxygen atoms in total. The molecule has 1 unspecified atom stereocenters. The van der Waals surface area contributed by atoms with Crippen molar-refractivity contribution in [2.24, 2.45) is 5.92 Å². The zero-order chi connectivity index (χ0) is 21.0. The number of aromatic nitrogens is 2. The Labute approximate surface area is 184 Å². The van der Waals surface area contributed by atoms with Gasteiger partial charge in [0, 0.05) is 37.6 Å². The summed E-state index contributed by atoms with van der Waals surface area (Å²) in [5.74, 6) is 1.62. The Balaban J connectivity index is 1.36. The molecule has 0 bridgehead atoms. The summed E-state index contributed by atoms with van der Waals surface area (Å²) in [5.41, 5.74) is 2.14. The highest BCUT2D eigenvalue weighted by Gasteiger charge is 2.38. The average molecular weight is 415 g/mol. The molecule has 5 heteroatoms. The van der Waals surface area contributed by atoms with E-state index < -0.39 is 0 Å². The van der Waals surface area contributed by atoms with E-state index in [9.17, 15) is 4.79 Å². The second-order valence-corrected chi connectivity index (χ2v) is 8.74.